The van der Waals surface area contributed by atoms with Gasteiger partial charge in [-0.3, -0.25) is 4.90 Å². The van der Waals surface area contributed by atoms with Crippen molar-refractivity contribution in [2.75, 3.05) is 31.1 Å². The van der Waals surface area contributed by atoms with Crippen LogP contribution in [0.2, 0.25) is 0 Å². The Kier molecular flexibility index (Phi) is 3.93. The zero-order valence-corrected chi connectivity index (χ0v) is 12.7. The number of nitrogens with zero attached hydrogens (tertiary/aromatic N) is 5. The zero-order valence-electron chi connectivity index (χ0n) is 11.9. The van der Waals surface area contributed by atoms with Crippen molar-refractivity contribution in [2.24, 2.45) is 0 Å². The second-order valence-corrected chi connectivity index (χ2v) is 6.01. The van der Waals surface area contributed by atoms with E-state index in [0.29, 0.717) is 6.04 Å². The Morgan fingerprint density at radius 1 is 1.15 bits per heavy atom. The van der Waals surface area contributed by atoms with E-state index in [2.05, 4.69) is 37.7 Å². The summed E-state index contributed by atoms with van der Waals surface area (Å²) >= 11 is 1.74. The average Bonchev–Trinajstić information content (AvgIpc) is 3.01. The Labute approximate surface area is 123 Å². The fourth-order valence-corrected chi connectivity index (χ4v) is 3.28. The monoisotopic (exact) mass is 289 g/mol. The normalized spacial score (nSPS) is 18.2. The lowest BCUT2D eigenvalue weighted by molar-refractivity contribution is 0.198. The van der Waals surface area contributed by atoms with Gasteiger partial charge in [-0.25, -0.2) is 15.0 Å². The quantitative estimate of drug-likeness (QED) is 0.866. The van der Waals surface area contributed by atoms with Gasteiger partial charge in [0.25, 0.3) is 0 Å². The maximum Gasteiger partial charge on any atom is 0.132 e. The Morgan fingerprint density at radius 3 is 2.60 bits per heavy atom. The number of rotatable bonds is 3. The van der Waals surface area contributed by atoms with E-state index in [1.165, 1.54) is 5.01 Å². The maximum atomic E-state index is 4.42. The summed E-state index contributed by atoms with van der Waals surface area (Å²) in [6.45, 7) is 8.35. The third-order valence-electron chi connectivity index (χ3n) is 3.78. The molecule has 0 bridgehead atoms. The van der Waals surface area contributed by atoms with Crippen LogP contribution in [0.3, 0.4) is 0 Å². The number of piperazine rings is 1. The molecule has 20 heavy (non-hydrogen) atoms. The van der Waals surface area contributed by atoms with Crippen molar-refractivity contribution in [2.45, 2.75) is 19.9 Å². The first-order valence-corrected chi connectivity index (χ1v) is 7.79. The van der Waals surface area contributed by atoms with Crippen molar-refractivity contribution < 1.29 is 0 Å². The molecule has 1 fully saturated rings. The molecule has 2 aromatic heterocycles. The number of aryl methyl sites for hydroxylation is 1. The fourth-order valence-electron chi connectivity index (χ4n) is 2.55. The van der Waals surface area contributed by atoms with Crippen molar-refractivity contribution in [3.05, 3.63) is 34.7 Å². The Balaban J connectivity index is 1.62. The smallest absolute Gasteiger partial charge is 0.132 e. The number of anilines is 1. The van der Waals surface area contributed by atoms with E-state index in [1.54, 1.807) is 17.7 Å². The molecule has 2 aromatic rings. The van der Waals surface area contributed by atoms with Crippen LogP contribution in [0, 0.1) is 6.92 Å². The van der Waals surface area contributed by atoms with E-state index < -0.39 is 0 Å². The van der Waals surface area contributed by atoms with Crippen LogP contribution in [0.5, 0.6) is 0 Å². The molecule has 3 rings (SSSR count). The number of hydrogen-bond acceptors (Lipinski definition) is 6. The van der Waals surface area contributed by atoms with Gasteiger partial charge in [0.1, 0.15) is 17.2 Å². The Bertz CT molecular complexity index is 548. The van der Waals surface area contributed by atoms with Crippen molar-refractivity contribution >= 4 is 17.2 Å². The molecule has 6 heteroatoms. The summed E-state index contributed by atoms with van der Waals surface area (Å²) in [6, 6.07) is 2.46. The highest BCUT2D eigenvalue weighted by Gasteiger charge is 2.23. The van der Waals surface area contributed by atoms with E-state index in [-0.39, 0.29) is 0 Å². The molecular weight excluding hydrogens is 270 g/mol. The van der Waals surface area contributed by atoms with Gasteiger partial charge in [0.05, 0.1) is 6.04 Å². The molecule has 0 aromatic carbocycles. The third-order valence-corrected chi connectivity index (χ3v) is 4.73. The molecule has 0 radical (unpaired) electrons. The Hall–Kier alpha value is -1.53. The summed E-state index contributed by atoms with van der Waals surface area (Å²) in [6.07, 6.45) is 3.53. The molecule has 1 unspecified atom stereocenters. The summed E-state index contributed by atoms with van der Waals surface area (Å²) in [5.41, 5.74) is 1.02. The van der Waals surface area contributed by atoms with Gasteiger partial charge < -0.3 is 4.90 Å². The number of aromatic nitrogens is 3. The van der Waals surface area contributed by atoms with E-state index >= 15 is 0 Å². The minimum absolute atomic E-state index is 0.407. The van der Waals surface area contributed by atoms with Gasteiger partial charge in [-0.15, -0.1) is 11.3 Å². The van der Waals surface area contributed by atoms with E-state index in [0.717, 1.165) is 37.7 Å². The topological polar surface area (TPSA) is 45.2 Å². The fraction of sp³-hybridized carbons (Fsp3) is 0.500. The first-order chi connectivity index (χ1) is 9.74. The molecule has 0 N–H and O–H groups in total. The molecular formula is C14H19N5S. The molecule has 5 nitrogen and oxygen atoms in total. The Morgan fingerprint density at radius 2 is 1.95 bits per heavy atom. The van der Waals surface area contributed by atoms with Gasteiger partial charge in [-0.1, -0.05) is 0 Å². The zero-order chi connectivity index (χ0) is 13.9. The third kappa shape index (κ3) is 2.81. The summed E-state index contributed by atoms with van der Waals surface area (Å²) in [5, 5.41) is 3.25. The van der Waals surface area contributed by atoms with Gasteiger partial charge in [-0.05, 0) is 13.8 Å². The van der Waals surface area contributed by atoms with Crippen molar-refractivity contribution in [3.63, 3.8) is 0 Å². The minimum Gasteiger partial charge on any atom is -0.354 e. The lowest BCUT2D eigenvalue weighted by Gasteiger charge is -2.37. The average molecular weight is 289 g/mol. The first kappa shape index (κ1) is 13.5. The van der Waals surface area contributed by atoms with Crippen LogP contribution in [-0.4, -0.2) is 46.0 Å². The number of thiazole rings is 1. The van der Waals surface area contributed by atoms with Gasteiger partial charge in [-0.2, -0.15) is 0 Å². The van der Waals surface area contributed by atoms with Gasteiger partial charge in [0, 0.05) is 49.5 Å². The predicted octanol–water partition coefficient (Wildman–Crippen LogP) is 2.12. The molecule has 1 saturated heterocycles. The minimum atomic E-state index is 0.407. The molecule has 106 valence electrons. The highest BCUT2D eigenvalue weighted by atomic mass is 32.1. The largest absolute Gasteiger partial charge is 0.354 e. The summed E-state index contributed by atoms with van der Waals surface area (Å²) in [4.78, 5) is 17.8. The van der Waals surface area contributed by atoms with Gasteiger partial charge in [0.15, 0.2) is 0 Å². The van der Waals surface area contributed by atoms with E-state index in [4.69, 9.17) is 0 Å². The van der Waals surface area contributed by atoms with Crippen LogP contribution in [0.4, 0.5) is 5.82 Å². The first-order valence-electron chi connectivity index (χ1n) is 6.91. The van der Waals surface area contributed by atoms with Gasteiger partial charge in [0.2, 0.25) is 0 Å². The molecule has 0 aliphatic carbocycles. The highest BCUT2D eigenvalue weighted by molar-refractivity contribution is 7.09. The summed E-state index contributed by atoms with van der Waals surface area (Å²) in [5.74, 6) is 1.04. The molecule has 0 amide bonds. The molecule has 1 aliphatic heterocycles. The van der Waals surface area contributed by atoms with E-state index in [9.17, 15) is 0 Å². The highest BCUT2D eigenvalue weighted by Crippen LogP contribution is 2.24. The van der Waals surface area contributed by atoms with Gasteiger partial charge >= 0.3 is 0 Å². The van der Waals surface area contributed by atoms with Crippen LogP contribution in [0.25, 0.3) is 0 Å². The molecule has 0 spiro atoms. The van der Waals surface area contributed by atoms with Crippen LogP contribution in [0.15, 0.2) is 24.0 Å². The molecule has 0 saturated carbocycles. The van der Waals surface area contributed by atoms with Crippen LogP contribution in [-0.2, 0) is 0 Å². The number of hydrogen-bond donors (Lipinski definition) is 0. The SMILES string of the molecule is Cc1cc(N2CCN(C(C)c3nccs3)CC2)ncn1. The maximum absolute atomic E-state index is 4.42. The summed E-state index contributed by atoms with van der Waals surface area (Å²) in [7, 11) is 0. The van der Waals surface area contributed by atoms with Crippen LogP contribution in [0.1, 0.15) is 23.7 Å². The van der Waals surface area contributed by atoms with E-state index in [1.807, 2.05) is 18.5 Å². The van der Waals surface area contributed by atoms with Crippen molar-refractivity contribution in [3.8, 4) is 0 Å². The molecule has 1 aliphatic rings. The lowest BCUT2D eigenvalue weighted by Crippen LogP contribution is -2.47. The summed E-state index contributed by atoms with van der Waals surface area (Å²) < 4.78 is 0. The lowest BCUT2D eigenvalue weighted by atomic mass is 10.2. The van der Waals surface area contributed by atoms with Crippen molar-refractivity contribution in [1.29, 1.82) is 0 Å². The second-order valence-electron chi connectivity index (χ2n) is 5.09. The predicted molar refractivity (Wildman–Crippen MR) is 81.1 cm³/mol. The standard InChI is InChI=1S/C14H19N5S/c1-11-9-13(17-10-16-11)19-6-4-18(5-7-19)12(2)14-15-3-8-20-14/h3,8-10,12H,4-7H2,1-2H3. The van der Waals surface area contributed by atoms with Crippen LogP contribution >= 0.6 is 11.3 Å². The molecule has 3 heterocycles. The van der Waals surface area contributed by atoms with Crippen LogP contribution < -0.4 is 4.90 Å². The molecule has 1 atom stereocenters. The second kappa shape index (κ2) is 5.85. The van der Waals surface area contributed by atoms with Crippen molar-refractivity contribution in [1.82, 2.24) is 19.9 Å².